The summed E-state index contributed by atoms with van der Waals surface area (Å²) in [6.07, 6.45) is 8.62. The highest BCUT2D eigenvalue weighted by atomic mass is 16.5. The molecule has 2 fully saturated rings. The first-order chi connectivity index (χ1) is 5.85. The molecule has 0 saturated heterocycles. The Morgan fingerprint density at radius 3 is 2.33 bits per heavy atom. The van der Waals surface area contributed by atoms with Crippen molar-refractivity contribution in [1.82, 2.24) is 0 Å². The van der Waals surface area contributed by atoms with Gasteiger partial charge in [0.2, 0.25) is 0 Å². The Hall–Kier alpha value is -0.0800. The fraction of sp³-hybridized carbons (Fsp3) is 0.900. The van der Waals surface area contributed by atoms with Gasteiger partial charge in [-0.1, -0.05) is 0 Å². The van der Waals surface area contributed by atoms with Gasteiger partial charge in [-0.2, -0.15) is 0 Å². The molecule has 2 saturated carbocycles. The molecular formula is C10H17O2. The van der Waals surface area contributed by atoms with Crippen LogP contribution in [0.4, 0.5) is 0 Å². The van der Waals surface area contributed by atoms with Crippen molar-refractivity contribution in [3.63, 3.8) is 0 Å². The molecule has 2 heteroatoms. The predicted octanol–water partition coefficient (Wildman–Crippen LogP) is 2.29. The van der Waals surface area contributed by atoms with E-state index in [0.717, 1.165) is 6.61 Å². The lowest BCUT2D eigenvalue weighted by Crippen LogP contribution is -2.44. The number of rotatable bonds is 4. The van der Waals surface area contributed by atoms with Crippen LogP contribution >= 0.6 is 0 Å². The molecule has 0 unspecified atom stereocenters. The third-order valence-electron chi connectivity index (χ3n) is 3.15. The van der Waals surface area contributed by atoms with Crippen LogP contribution in [0.25, 0.3) is 0 Å². The molecule has 0 N–H and O–H groups in total. The maximum atomic E-state index is 5.67. The smallest absolute Gasteiger partial charge is 0.0972 e. The van der Waals surface area contributed by atoms with E-state index in [1.165, 1.54) is 44.6 Å². The van der Waals surface area contributed by atoms with Crippen LogP contribution in [-0.4, -0.2) is 19.3 Å². The van der Waals surface area contributed by atoms with Crippen molar-refractivity contribution in [1.29, 1.82) is 0 Å². The highest BCUT2D eigenvalue weighted by molar-refractivity contribution is 4.94. The maximum Gasteiger partial charge on any atom is 0.0972 e. The highest BCUT2D eigenvalue weighted by Gasteiger charge is 2.38. The Balaban J connectivity index is 1.69. The van der Waals surface area contributed by atoms with Gasteiger partial charge in [-0.15, -0.1) is 0 Å². The van der Waals surface area contributed by atoms with Crippen molar-refractivity contribution in [2.24, 2.45) is 0 Å². The molecule has 12 heavy (non-hydrogen) atoms. The van der Waals surface area contributed by atoms with Crippen molar-refractivity contribution < 1.29 is 9.47 Å². The molecule has 0 bridgehead atoms. The van der Waals surface area contributed by atoms with E-state index < -0.39 is 0 Å². The average Bonchev–Trinajstić information content (AvgIpc) is 1.91. The first-order valence-corrected chi connectivity index (χ1v) is 4.87. The average molecular weight is 169 g/mol. The van der Waals surface area contributed by atoms with Crippen LogP contribution < -0.4 is 0 Å². The number of ether oxygens (including phenoxy) is 2. The molecule has 69 valence electrons. The zero-order valence-electron chi connectivity index (χ0n) is 7.77. The summed E-state index contributed by atoms with van der Waals surface area (Å²) in [7, 11) is 1.80. The molecule has 2 nitrogen and oxygen atoms in total. The fourth-order valence-electron chi connectivity index (χ4n) is 1.68. The van der Waals surface area contributed by atoms with E-state index in [1.54, 1.807) is 7.11 Å². The molecule has 0 amide bonds. The lowest BCUT2D eigenvalue weighted by atomic mass is 9.80. The van der Waals surface area contributed by atoms with Crippen molar-refractivity contribution in [3.05, 3.63) is 6.10 Å². The van der Waals surface area contributed by atoms with Gasteiger partial charge in [0, 0.05) is 7.11 Å². The van der Waals surface area contributed by atoms with Gasteiger partial charge in [0.25, 0.3) is 0 Å². The van der Waals surface area contributed by atoms with Crippen molar-refractivity contribution >= 4 is 0 Å². The second kappa shape index (κ2) is 3.35. The van der Waals surface area contributed by atoms with E-state index in [1.807, 2.05) is 0 Å². The van der Waals surface area contributed by atoms with E-state index in [4.69, 9.17) is 9.47 Å². The van der Waals surface area contributed by atoms with Gasteiger partial charge in [0.1, 0.15) is 0 Å². The van der Waals surface area contributed by atoms with Gasteiger partial charge in [0.05, 0.1) is 18.3 Å². The van der Waals surface area contributed by atoms with Crippen molar-refractivity contribution in [2.75, 3.05) is 13.7 Å². The fourth-order valence-corrected chi connectivity index (χ4v) is 1.68. The minimum absolute atomic E-state index is 0.0859. The molecule has 0 aromatic rings. The van der Waals surface area contributed by atoms with Crippen LogP contribution in [-0.2, 0) is 9.47 Å². The second-order valence-corrected chi connectivity index (χ2v) is 3.92. The van der Waals surface area contributed by atoms with Gasteiger partial charge in [-0.25, -0.2) is 0 Å². The Bertz CT molecular complexity index is 142. The molecular weight excluding hydrogens is 152 g/mol. The minimum Gasteiger partial charge on any atom is -0.376 e. The summed E-state index contributed by atoms with van der Waals surface area (Å²) in [5.41, 5.74) is 0.0859. The molecule has 0 aliphatic heterocycles. The minimum atomic E-state index is 0.0859. The first kappa shape index (κ1) is 8.52. The molecule has 0 aromatic carbocycles. The topological polar surface area (TPSA) is 18.5 Å². The zero-order chi connectivity index (χ0) is 8.44. The summed E-state index contributed by atoms with van der Waals surface area (Å²) in [6.45, 7) is 0.791. The molecule has 2 aliphatic carbocycles. The van der Waals surface area contributed by atoms with Gasteiger partial charge < -0.3 is 9.47 Å². The van der Waals surface area contributed by atoms with Crippen molar-refractivity contribution in [2.45, 2.75) is 44.1 Å². The highest BCUT2D eigenvalue weighted by Crippen LogP contribution is 2.38. The third kappa shape index (κ3) is 1.50. The predicted molar refractivity (Wildman–Crippen MR) is 46.6 cm³/mol. The second-order valence-electron chi connectivity index (χ2n) is 3.92. The summed E-state index contributed by atoms with van der Waals surface area (Å²) < 4.78 is 11.1. The molecule has 1 radical (unpaired) electrons. The summed E-state index contributed by atoms with van der Waals surface area (Å²) in [4.78, 5) is 0. The SMILES string of the molecule is COC1(CO[C]2CCC2)CCC1. The first-order valence-electron chi connectivity index (χ1n) is 4.87. The van der Waals surface area contributed by atoms with Crippen LogP contribution in [0.2, 0.25) is 0 Å². The summed E-state index contributed by atoms with van der Waals surface area (Å²) in [5, 5.41) is 0. The number of hydrogen-bond acceptors (Lipinski definition) is 2. The molecule has 0 spiro atoms. The third-order valence-corrected chi connectivity index (χ3v) is 3.15. The van der Waals surface area contributed by atoms with Crippen LogP contribution in [0.5, 0.6) is 0 Å². The summed E-state index contributed by atoms with van der Waals surface area (Å²) >= 11 is 0. The van der Waals surface area contributed by atoms with Gasteiger partial charge in [0.15, 0.2) is 0 Å². The number of methoxy groups -OCH3 is 1. The lowest BCUT2D eigenvalue weighted by molar-refractivity contribution is -0.125. The van der Waals surface area contributed by atoms with Crippen molar-refractivity contribution in [3.8, 4) is 0 Å². The summed E-state index contributed by atoms with van der Waals surface area (Å²) in [6, 6.07) is 0. The molecule has 0 atom stereocenters. The molecule has 2 aliphatic rings. The summed E-state index contributed by atoms with van der Waals surface area (Å²) in [5.74, 6) is 0. The van der Waals surface area contributed by atoms with Gasteiger partial charge in [-0.05, 0) is 38.5 Å². The van der Waals surface area contributed by atoms with Crippen LogP contribution in [0.15, 0.2) is 0 Å². The maximum absolute atomic E-state index is 5.67. The Kier molecular flexibility index (Phi) is 2.37. The molecule has 0 aromatic heterocycles. The van der Waals surface area contributed by atoms with E-state index in [-0.39, 0.29) is 5.60 Å². The monoisotopic (exact) mass is 169 g/mol. The Morgan fingerprint density at radius 2 is 2.00 bits per heavy atom. The Labute approximate surface area is 74.2 Å². The van der Waals surface area contributed by atoms with E-state index in [0.29, 0.717) is 0 Å². The normalized spacial score (nSPS) is 27.8. The Morgan fingerprint density at radius 1 is 1.25 bits per heavy atom. The van der Waals surface area contributed by atoms with Gasteiger partial charge >= 0.3 is 0 Å². The van der Waals surface area contributed by atoms with E-state index >= 15 is 0 Å². The van der Waals surface area contributed by atoms with Crippen LogP contribution in [0.3, 0.4) is 0 Å². The largest absolute Gasteiger partial charge is 0.376 e. The number of hydrogen-bond donors (Lipinski definition) is 0. The van der Waals surface area contributed by atoms with Gasteiger partial charge in [-0.3, -0.25) is 0 Å². The molecule has 0 heterocycles. The lowest BCUT2D eigenvalue weighted by Gasteiger charge is -2.41. The molecule has 2 rings (SSSR count). The zero-order valence-corrected chi connectivity index (χ0v) is 7.77. The van der Waals surface area contributed by atoms with E-state index in [9.17, 15) is 0 Å². The van der Waals surface area contributed by atoms with Crippen LogP contribution in [0, 0.1) is 6.10 Å². The van der Waals surface area contributed by atoms with Crippen LogP contribution in [0.1, 0.15) is 38.5 Å². The quantitative estimate of drug-likeness (QED) is 0.642. The van der Waals surface area contributed by atoms with E-state index in [2.05, 4.69) is 0 Å². The standard InChI is InChI=1S/C10H17O2/c1-11-10(6-3-7-10)8-12-9-4-2-5-9/h2-8H2,1H3.